The molecule has 0 aliphatic carbocycles. The molecule has 0 radical (unpaired) electrons. The number of hydrogen-bond donors (Lipinski definition) is 1. The lowest BCUT2D eigenvalue weighted by molar-refractivity contribution is -0.138. The number of nitrogens with one attached hydrogen (secondary N) is 1. The normalized spacial score (nSPS) is 14.8. The van der Waals surface area contributed by atoms with E-state index in [9.17, 15) is 4.79 Å². The minimum Gasteiger partial charge on any atom is -0.463 e. The molecule has 1 aliphatic rings. The van der Waals surface area contributed by atoms with Crippen molar-refractivity contribution in [3.63, 3.8) is 0 Å². The zero-order valence-electron chi connectivity index (χ0n) is 7.33. The van der Waals surface area contributed by atoms with Gasteiger partial charge in [0.2, 0.25) is 0 Å². The highest BCUT2D eigenvalue weighted by atomic mass is 16.5. The van der Waals surface area contributed by atoms with Crippen LogP contribution in [0.2, 0.25) is 0 Å². The Hall–Kier alpha value is -1.76. The van der Waals surface area contributed by atoms with Gasteiger partial charge < -0.3 is 10.1 Å². The highest BCUT2D eigenvalue weighted by Gasteiger charge is 2.14. The highest BCUT2D eigenvalue weighted by molar-refractivity contribution is 5.89. The quantitative estimate of drug-likeness (QED) is 0.636. The second kappa shape index (κ2) is 4.31. The number of hydrogen-bond acceptors (Lipinski definition) is 4. The molecule has 0 aromatic heterocycles. The Morgan fingerprint density at radius 2 is 2.54 bits per heavy atom. The summed E-state index contributed by atoms with van der Waals surface area (Å²) >= 11 is 0. The fourth-order valence-corrected chi connectivity index (χ4v) is 0.977. The first-order chi connectivity index (χ1) is 6.27. The maximum absolute atomic E-state index is 11.2. The number of allylic oxidation sites excluding steroid dienone is 1. The molecular formula is C9H10N2O2. The molecule has 4 heteroatoms. The van der Waals surface area contributed by atoms with Crippen LogP contribution in [0.15, 0.2) is 23.5 Å². The summed E-state index contributed by atoms with van der Waals surface area (Å²) in [5.41, 5.74) is 1.02. The number of rotatable bonds is 2. The first-order valence-electron chi connectivity index (χ1n) is 3.99. The van der Waals surface area contributed by atoms with Crippen LogP contribution in [-0.4, -0.2) is 12.6 Å². The molecule has 1 N–H and O–H groups in total. The second-order valence-electron chi connectivity index (χ2n) is 2.51. The van der Waals surface area contributed by atoms with Crippen molar-refractivity contribution in [2.75, 3.05) is 6.61 Å². The monoisotopic (exact) mass is 178 g/mol. The summed E-state index contributed by atoms with van der Waals surface area (Å²) in [5, 5.41) is 11.3. The Kier molecular flexibility index (Phi) is 3.09. The third-order valence-corrected chi connectivity index (χ3v) is 1.58. The fourth-order valence-electron chi connectivity index (χ4n) is 0.977. The van der Waals surface area contributed by atoms with Gasteiger partial charge in [-0.05, 0) is 6.92 Å². The lowest BCUT2D eigenvalue weighted by Gasteiger charge is -2.10. The summed E-state index contributed by atoms with van der Waals surface area (Å²) < 4.78 is 4.79. The molecule has 0 saturated carbocycles. The third kappa shape index (κ3) is 2.34. The Bertz CT molecular complexity index is 310. The molecule has 1 aliphatic heterocycles. The van der Waals surface area contributed by atoms with Crippen molar-refractivity contribution < 1.29 is 9.53 Å². The van der Waals surface area contributed by atoms with Crippen LogP contribution in [0, 0.1) is 11.3 Å². The average Bonchev–Trinajstić information content (AvgIpc) is 2.18. The standard InChI is InChI=1S/C9H10N2O2/c1-2-13-9(12)8-3-7(4-10)5-11-6-8/h5-6,11H,2-3H2,1H3. The van der Waals surface area contributed by atoms with E-state index in [0.29, 0.717) is 24.2 Å². The van der Waals surface area contributed by atoms with Gasteiger partial charge in [0.15, 0.2) is 0 Å². The number of carbonyl (C=O) groups excluding carboxylic acids is 1. The van der Waals surface area contributed by atoms with Gasteiger partial charge in [-0.25, -0.2) is 4.79 Å². The third-order valence-electron chi connectivity index (χ3n) is 1.58. The van der Waals surface area contributed by atoms with E-state index in [1.54, 1.807) is 19.3 Å². The van der Waals surface area contributed by atoms with E-state index in [2.05, 4.69) is 5.32 Å². The summed E-state index contributed by atoms with van der Waals surface area (Å²) in [7, 11) is 0. The SMILES string of the molecule is CCOC(=O)C1=CNC=C(C#N)C1. The average molecular weight is 178 g/mol. The van der Waals surface area contributed by atoms with Crippen LogP contribution >= 0.6 is 0 Å². The van der Waals surface area contributed by atoms with Crippen molar-refractivity contribution in [3.05, 3.63) is 23.5 Å². The minimum atomic E-state index is -0.365. The van der Waals surface area contributed by atoms with E-state index >= 15 is 0 Å². The van der Waals surface area contributed by atoms with E-state index < -0.39 is 0 Å². The predicted molar refractivity (Wildman–Crippen MR) is 46.2 cm³/mol. The molecule has 0 atom stereocenters. The van der Waals surface area contributed by atoms with Crippen LogP contribution in [0.25, 0.3) is 0 Å². The van der Waals surface area contributed by atoms with Crippen molar-refractivity contribution in [3.8, 4) is 6.07 Å². The molecule has 68 valence electrons. The first kappa shape index (κ1) is 9.33. The molecule has 13 heavy (non-hydrogen) atoms. The lowest BCUT2D eigenvalue weighted by Crippen LogP contribution is -2.14. The molecule has 0 amide bonds. The van der Waals surface area contributed by atoms with Crippen molar-refractivity contribution in [2.24, 2.45) is 0 Å². The maximum atomic E-state index is 11.2. The number of carbonyl (C=O) groups is 1. The van der Waals surface area contributed by atoms with Gasteiger partial charge in [-0.2, -0.15) is 5.26 Å². The van der Waals surface area contributed by atoms with Crippen LogP contribution in [0.4, 0.5) is 0 Å². The fraction of sp³-hybridized carbons (Fsp3) is 0.333. The molecule has 1 rings (SSSR count). The van der Waals surface area contributed by atoms with E-state index in [1.165, 1.54) is 0 Å². The van der Waals surface area contributed by atoms with Crippen molar-refractivity contribution in [1.29, 1.82) is 5.26 Å². The summed E-state index contributed by atoms with van der Waals surface area (Å²) in [6.45, 7) is 2.09. The molecule has 0 aromatic carbocycles. The van der Waals surface area contributed by atoms with Gasteiger partial charge >= 0.3 is 5.97 Å². The van der Waals surface area contributed by atoms with Gasteiger partial charge in [0.05, 0.1) is 23.8 Å². The molecule has 0 spiro atoms. The van der Waals surface area contributed by atoms with Crippen LogP contribution in [0.1, 0.15) is 13.3 Å². The zero-order chi connectivity index (χ0) is 9.68. The summed E-state index contributed by atoms with van der Waals surface area (Å²) in [5.74, 6) is -0.365. The van der Waals surface area contributed by atoms with E-state index in [0.717, 1.165) is 0 Å². The Morgan fingerprint density at radius 1 is 1.77 bits per heavy atom. The van der Waals surface area contributed by atoms with Gasteiger partial charge in [0.25, 0.3) is 0 Å². The van der Waals surface area contributed by atoms with Crippen LogP contribution < -0.4 is 5.32 Å². The largest absolute Gasteiger partial charge is 0.463 e. The van der Waals surface area contributed by atoms with E-state index in [4.69, 9.17) is 10.00 Å². The molecule has 4 nitrogen and oxygen atoms in total. The molecule has 1 heterocycles. The van der Waals surface area contributed by atoms with Crippen molar-refractivity contribution in [1.82, 2.24) is 5.32 Å². The molecule has 0 fully saturated rings. The van der Waals surface area contributed by atoms with Crippen LogP contribution in [0.5, 0.6) is 0 Å². The Labute approximate surface area is 76.5 Å². The van der Waals surface area contributed by atoms with Gasteiger partial charge in [-0.1, -0.05) is 0 Å². The molecule has 0 aromatic rings. The number of nitrogens with zero attached hydrogens (tertiary/aromatic N) is 1. The number of ether oxygens (including phenoxy) is 1. The summed E-state index contributed by atoms with van der Waals surface area (Å²) in [6, 6.07) is 1.98. The smallest absolute Gasteiger partial charge is 0.335 e. The van der Waals surface area contributed by atoms with Gasteiger partial charge in [0, 0.05) is 18.8 Å². The number of dihydropyridines is 1. The van der Waals surface area contributed by atoms with Gasteiger partial charge in [0.1, 0.15) is 0 Å². The van der Waals surface area contributed by atoms with Gasteiger partial charge in [-0.3, -0.25) is 0 Å². The second-order valence-corrected chi connectivity index (χ2v) is 2.51. The van der Waals surface area contributed by atoms with E-state index in [1.807, 2.05) is 6.07 Å². The Morgan fingerprint density at radius 3 is 3.15 bits per heavy atom. The number of esters is 1. The van der Waals surface area contributed by atoms with Crippen molar-refractivity contribution >= 4 is 5.97 Å². The molecule has 0 unspecified atom stereocenters. The maximum Gasteiger partial charge on any atom is 0.335 e. The first-order valence-corrected chi connectivity index (χ1v) is 3.99. The molecular weight excluding hydrogens is 168 g/mol. The predicted octanol–water partition coefficient (Wildman–Crippen LogP) is 0.834. The van der Waals surface area contributed by atoms with Crippen LogP contribution in [-0.2, 0) is 9.53 Å². The Balaban J connectivity index is 2.60. The topological polar surface area (TPSA) is 62.1 Å². The van der Waals surface area contributed by atoms with E-state index in [-0.39, 0.29) is 5.97 Å². The minimum absolute atomic E-state index is 0.349. The summed E-state index contributed by atoms with van der Waals surface area (Å²) in [4.78, 5) is 11.2. The van der Waals surface area contributed by atoms with Gasteiger partial charge in [-0.15, -0.1) is 0 Å². The van der Waals surface area contributed by atoms with Crippen molar-refractivity contribution in [2.45, 2.75) is 13.3 Å². The van der Waals surface area contributed by atoms with Crippen LogP contribution in [0.3, 0.4) is 0 Å². The zero-order valence-corrected chi connectivity index (χ0v) is 7.33. The lowest BCUT2D eigenvalue weighted by atomic mass is 10.1. The highest BCUT2D eigenvalue weighted by Crippen LogP contribution is 2.14. The molecule has 0 bridgehead atoms. The summed E-state index contributed by atoms with van der Waals surface area (Å²) in [6.07, 6.45) is 3.48. The number of nitriles is 1. The molecule has 0 saturated heterocycles.